The van der Waals surface area contributed by atoms with E-state index in [-0.39, 0.29) is 36.1 Å². The molecule has 0 fully saturated rings. The van der Waals surface area contributed by atoms with Gasteiger partial charge in [0.05, 0.1) is 12.3 Å². The van der Waals surface area contributed by atoms with Gasteiger partial charge in [-0.2, -0.15) is 0 Å². The van der Waals surface area contributed by atoms with Crippen molar-refractivity contribution in [1.29, 1.82) is 0 Å². The van der Waals surface area contributed by atoms with Crippen LogP contribution in [-0.2, 0) is 14.4 Å². The summed E-state index contributed by atoms with van der Waals surface area (Å²) in [5, 5.41) is 6.92. The van der Waals surface area contributed by atoms with E-state index in [0.717, 1.165) is 16.8 Å². The van der Waals surface area contributed by atoms with Crippen LogP contribution >= 0.6 is 0 Å². The summed E-state index contributed by atoms with van der Waals surface area (Å²) in [5.41, 5.74) is 2.34. The van der Waals surface area contributed by atoms with E-state index < -0.39 is 11.6 Å². The van der Waals surface area contributed by atoms with Gasteiger partial charge in [-0.05, 0) is 23.3 Å². The van der Waals surface area contributed by atoms with Crippen molar-refractivity contribution >= 4 is 17.5 Å². The Morgan fingerprint density at radius 2 is 1.90 bits per heavy atom. The molecule has 0 saturated heterocycles. The summed E-state index contributed by atoms with van der Waals surface area (Å²) in [7, 11) is 0. The monoisotopic (exact) mass is 413 g/mol. The highest BCUT2D eigenvalue weighted by Gasteiger charge is 2.27. The Balaban J connectivity index is 1.41. The molecule has 0 spiro atoms. The first-order valence-electron chi connectivity index (χ1n) is 9.80. The predicted octanol–water partition coefficient (Wildman–Crippen LogP) is 3.50. The standard InChI is InChI=1S/C22H21F2N3O3/c1-2-20(28)25-11-15-10-18(27-30-15)13-6-8-14(9-7-13)19-12-29-22(26-19)21-16(23)4-3-5-17(21)24/h3-9,15,19H,2,10-12H2,1H3,(H,25,28). The largest absolute Gasteiger partial charge is 0.475 e. The van der Waals surface area contributed by atoms with Gasteiger partial charge in [-0.15, -0.1) is 0 Å². The van der Waals surface area contributed by atoms with Crippen molar-refractivity contribution < 1.29 is 23.1 Å². The average Bonchev–Trinajstić information content (AvgIpc) is 3.42. The van der Waals surface area contributed by atoms with E-state index >= 15 is 0 Å². The van der Waals surface area contributed by atoms with Gasteiger partial charge < -0.3 is 14.9 Å². The molecule has 2 aliphatic heterocycles. The number of oxime groups is 1. The Morgan fingerprint density at radius 1 is 1.17 bits per heavy atom. The number of rotatable bonds is 6. The Hall–Kier alpha value is -3.29. The van der Waals surface area contributed by atoms with Crippen LogP contribution in [0.3, 0.4) is 0 Å². The molecule has 1 amide bonds. The molecule has 30 heavy (non-hydrogen) atoms. The third kappa shape index (κ3) is 4.17. The van der Waals surface area contributed by atoms with E-state index in [9.17, 15) is 13.6 Å². The first kappa shape index (κ1) is 20.0. The second-order valence-electron chi connectivity index (χ2n) is 7.11. The minimum Gasteiger partial charge on any atom is -0.475 e. The molecule has 0 aromatic heterocycles. The number of carbonyl (C=O) groups excluding carboxylic acids is 1. The minimum absolute atomic E-state index is 0.0228. The molecule has 8 heteroatoms. The van der Waals surface area contributed by atoms with Crippen LogP contribution in [0.5, 0.6) is 0 Å². The number of nitrogens with one attached hydrogen (secondary N) is 1. The molecule has 2 aliphatic rings. The summed E-state index contributed by atoms with van der Waals surface area (Å²) in [5.74, 6) is -1.45. The summed E-state index contributed by atoms with van der Waals surface area (Å²) in [6.45, 7) is 2.43. The van der Waals surface area contributed by atoms with E-state index in [2.05, 4.69) is 15.5 Å². The molecule has 0 saturated carbocycles. The van der Waals surface area contributed by atoms with Gasteiger partial charge in [0.1, 0.15) is 36.0 Å². The Kier molecular flexibility index (Phi) is 5.74. The third-order valence-electron chi connectivity index (χ3n) is 5.04. The molecule has 156 valence electrons. The third-order valence-corrected chi connectivity index (χ3v) is 5.04. The number of hydrogen-bond acceptors (Lipinski definition) is 5. The van der Waals surface area contributed by atoms with Gasteiger partial charge in [-0.25, -0.2) is 13.8 Å². The second-order valence-corrected chi connectivity index (χ2v) is 7.11. The highest BCUT2D eigenvalue weighted by atomic mass is 19.1. The number of ether oxygens (including phenoxy) is 1. The number of benzene rings is 2. The average molecular weight is 413 g/mol. The van der Waals surface area contributed by atoms with Crippen LogP contribution in [-0.4, -0.2) is 36.8 Å². The molecule has 2 aromatic carbocycles. The lowest BCUT2D eigenvalue weighted by Gasteiger charge is -2.09. The van der Waals surface area contributed by atoms with Gasteiger partial charge in [0.15, 0.2) is 0 Å². The van der Waals surface area contributed by atoms with Gasteiger partial charge in [0, 0.05) is 12.8 Å². The van der Waals surface area contributed by atoms with Crippen LogP contribution in [0.1, 0.15) is 42.5 Å². The molecule has 0 bridgehead atoms. The molecule has 2 unspecified atom stereocenters. The summed E-state index contributed by atoms with van der Waals surface area (Å²) < 4.78 is 33.4. The van der Waals surface area contributed by atoms with Crippen LogP contribution in [0.2, 0.25) is 0 Å². The highest BCUT2D eigenvalue weighted by Crippen LogP contribution is 2.28. The SMILES string of the molecule is CCC(=O)NCC1CC(c2ccc(C3COC(c4c(F)cccc4F)=N3)cc2)=NO1. The van der Waals surface area contributed by atoms with Crippen LogP contribution in [0.4, 0.5) is 8.78 Å². The summed E-state index contributed by atoms with van der Waals surface area (Å²) in [4.78, 5) is 21.1. The molecule has 2 atom stereocenters. The van der Waals surface area contributed by atoms with Gasteiger partial charge in [0.2, 0.25) is 11.8 Å². The van der Waals surface area contributed by atoms with Crippen molar-refractivity contribution in [2.45, 2.75) is 31.9 Å². The summed E-state index contributed by atoms with van der Waals surface area (Å²) in [6, 6.07) is 10.9. The lowest BCUT2D eigenvalue weighted by Crippen LogP contribution is -2.31. The number of aliphatic imine (C=N–C) groups is 1. The second kappa shape index (κ2) is 8.61. The maximum absolute atomic E-state index is 14.0. The van der Waals surface area contributed by atoms with Gasteiger partial charge >= 0.3 is 0 Å². The molecule has 0 radical (unpaired) electrons. The number of nitrogens with zero attached hydrogens (tertiary/aromatic N) is 2. The van der Waals surface area contributed by atoms with E-state index in [0.29, 0.717) is 19.4 Å². The van der Waals surface area contributed by atoms with Gasteiger partial charge in [-0.3, -0.25) is 4.79 Å². The lowest BCUT2D eigenvalue weighted by molar-refractivity contribution is -0.121. The molecule has 6 nitrogen and oxygen atoms in total. The predicted molar refractivity (Wildman–Crippen MR) is 107 cm³/mol. The van der Waals surface area contributed by atoms with Crippen LogP contribution in [0, 0.1) is 11.6 Å². The van der Waals surface area contributed by atoms with Crippen molar-refractivity contribution in [2.75, 3.05) is 13.2 Å². The van der Waals surface area contributed by atoms with Crippen LogP contribution in [0.25, 0.3) is 0 Å². The number of amides is 1. The van der Waals surface area contributed by atoms with Crippen LogP contribution < -0.4 is 5.32 Å². The van der Waals surface area contributed by atoms with E-state index in [1.165, 1.54) is 18.2 Å². The Morgan fingerprint density at radius 3 is 2.60 bits per heavy atom. The first-order valence-corrected chi connectivity index (χ1v) is 9.80. The molecule has 1 N–H and O–H groups in total. The highest BCUT2D eigenvalue weighted by molar-refractivity contribution is 6.01. The number of halogens is 2. The zero-order chi connectivity index (χ0) is 21.1. The molecule has 4 rings (SSSR count). The Labute approximate surface area is 172 Å². The maximum Gasteiger partial charge on any atom is 0.222 e. The minimum atomic E-state index is -0.700. The lowest BCUT2D eigenvalue weighted by atomic mass is 10.0. The molecular weight excluding hydrogens is 392 g/mol. The number of carbonyl (C=O) groups is 1. The van der Waals surface area contributed by atoms with Gasteiger partial charge in [-0.1, -0.05) is 42.4 Å². The summed E-state index contributed by atoms with van der Waals surface area (Å²) >= 11 is 0. The van der Waals surface area contributed by atoms with E-state index in [1.54, 1.807) is 6.92 Å². The molecule has 2 heterocycles. The Bertz CT molecular complexity index is 985. The fourth-order valence-electron chi connectivity index (χ4n) is 3.34. The molecule has 0 aliphatic carbocycles. The number of hydrogen-bond donors (Lipinski definition) is 1. The molecule has 2 aromatic rings. The quantitative estimate of drug-likeness (QED) is 0.788. The smallest absolute Gasteiger partial charge is 0.222 e. The normalized spacial score (nSPS) is 20.2. The zero-order valence-electron chi connectivity index (χ0n) is 16.4. The first-order chi connectivity index (χ1) is 14.5. The van der Waals surface area contributed by atoms with E-state index in [1.807, 2.05) is 24.3 Å². The topological polar surface area (TPSA) is 72.3 Å². The zero-order valence-corrected chi connectivity index (χ0v) is 16.4. The molecular formula is C22H21F2N3O3. The van der Waals surface area contributed by atoms with E-state index in [4.69, 9.17) is 9.57 Å². The van der Waals surface area contributed by atoms with Crippen molar-refractivity contribution in [3.8, 4) is 0 Å². The fourth-order valence-corrected chi connectivity index (χ4v) is 3.34. The van der Waals surface area contributed by atoms with Crippen molar-refractivity contribution in [1.82, 2.24) is 5.32 Å². The maximum atomic E-state index is 14.0. The summed E-state index contributed by atoms with van der Waals surface area (Å²) in [6.07, 6.45) is 0.854. The van der Waals surface area contributed by atoms with Crippen LogP contribution in [0.15, 0.2) is 52.6 Å². The van der Waals surface area contributed by atoms with Crippen molar-refractivity contribution in [2.24, 2.45) is 10.1 Å². The van der Waals surface area contributed by atoms with Crippen molar-refractivity contribution in [3.63, 3.8) is 0 Å². The van der Waals surface area contributed by atoms with Crippen molar-refractivity contribution in [3.05, 3.63) is 70.8 Å². The van der Waals surface area contributed by atoms with Gasteiger partial charge in [0.25, 0.3) is 0 Å². The fraction of sp³-hybridized carbons (Fsp3) is 0.318.